The zero-order chi connectivity index (χ0) is 39.7. The molecule has 298 valence electrons. The Kier molecular flexibility index (Phi) is 9.99. The van der Waals surface area contributed by atoms with Crippen LogP contribution < -0.4 is 9.47 Å². The standard InChI is InChI=1S/C40H42O16/c41-13-25-33(47)35(49)37(51)39(55-25)53-19-9-21-29(23(45)11-19)27(15-1-5-17(43)6-2-15)31-22-10-20(54-40-38(52)36(50)34(48)26(14-42)56-40)12-24(46)30(22)28(32(21)31)16-3-7-18(44)8-4-16/h1-12,25-28,31-52H,13-14H2/t25-,26-,27-,28-,31+,32+,33-,34-,35+,36+,37-,38-,39-,40-/m1/s1. The third-order valence-electron chi connectivity index (χ3n) is 11.5. The normalized spacial score (nSPS) is 34.7. The van der Waals surface area contributed by atoms with Crippen LogP contribution in [0.4, 0.5) is 0 Å². The number of phenolic OH excluding ortho intramolecular Hbond substituents is 4. The van der Waals surface area contributed by atoms with Crippen LogP contribution in [0.15, 0.2) is 72.8 Å². The highest BCUT2D eigenvalue weighted by molar-refractivity contribution is 5.68. The second-order valence-corrected chi connectivity index (χ2v) is 14.7. The molecule has 0 bridgehead atoms. The minimum absolute atomic E-state index is 0.00216. The Hall–Kier alpha value is -4.72. The molecular weight excluding hydrogens is 736 g/mol. The van der Waals surface area contributed by atoms with E-state index in [9.17, 15) is 61.3 Å². The minimum atomic E-state index is -1.74. The van der Waals surface area contributed by atoms with Crippen LogP contribution in [-0.4, -0.2) is 136 Å². The van der Waals surface area contributed by atoms with E-state index in [1.54, 1.807) is 36.4 Å². The van der Waals surface area contributed by atoms with Gasteiger partial charge in [0.1, 0.15) is 83.3 Å². The lowest BCUT2D eigenvalue weighted by Gasteiger charge is -2.39. The molecule has 2 heterocycles. The molecule has 2 fully saturated rings. The van der Waals surface area contributed by atoms with E-state index < -0.39 is 98.3 Å². The van der Waals surface area contributed by atoms with Gasteiger partial charge in [0.05, 0.1) is 13.2 Å². The number of aliphatic hydroxyl groups is 8. The van der Waals surface area contributed by atoms with Crippen molar-refractivity contribution in [2.45, 2.75) is 85.1 Å². The summed E-state index contributed by atoms with van der Waals surface area (Å²) in [5, 5.41) is 126. The first-order chi connectivity index (χ1) is 26.8. The lowest BCUT2D eigenvalue weighted by atomic mass is 9.79. The van der Waals surface area contributed by atoms with Crippen molar-refractivity contribution in [1.82, 2.24) is 0 Å². The molecule has 4 aliphatic rings. The van der Waals surface area contributed by atoms with Crippen molar-refractivity contribution in [2.75, 3.05) is 13.2 Å². The highest BCUT2D eigenvalue weighted by Gasteiger charge is 2.55. The molecule has 4 aromatic rings. The van der Waals surface area contributed by atoms with Gasteiger partial charge in [-0.2, -0.15) is 0 Å². The highest BCUT2D eigenvalue weighted by atomic mass is 16.7. The van der Waals surface area contributed by atoms with Crippen LogP contribution in [0.3, 0.4) is 0 Å². The molecule has 2 saturated heterocycles. The van der Waals surface area contributed by atoms with E-state index in [1.807, 2.05) is 0 Å². The lowest BCUT2D eigenvalue weighted by Crippen LogP contribution is -2.60. The zero-order valence-corrected chi connectivity index (χ0v) is 29.4. The van der Waals surface area contributed by atoms with Gasteiger partial charge in [-0.25, -0.2) is 0 Å². The molecule has 16 heteroatoms. The minimum Gasteiger partial charge on any atom is -0.508 e. The van der Waals surface area contributed by atoms with Gasteiger partial charge in [-0.05, 0) is 58.7 Å². The molecule has 0 unspecified atom stereocenters. The van der Waals surface area contributed by atoms with Crippen molar-refractivity contribution in [2.24, 2.45) is 0 Å². The van der Waals surface area contributed by atoms with Gasteiger partial charge in [0, 0.05) is 46.9 Å². The zero-order valence-electron chi connectivity index (χ0n) is 29.4. The largest absolute Gasteiger partial charge is 0.508 e. The maximum Gasteiger partial charge on any atom is 0.229 e. The van der Waals surface area contributed by atoms with Gasteiger partial charge in [0.25, 0.3) is 0 Å². The first kappa shape index (κ1) is 38.2. The molecule has 14 atom stereocenters. The number of fused-ring (bicyclic) bond motifs is 5. The smallest absolute Gasteiger partial charge is 0.229 e. The van der Waals surface area contributed by atoms with Gasteiger partial charge < -0.3 is 80.2 Å². The van der Waals surface area contributed by atoms with E-state index in [2.05, 4.69) is 0 Å². The van der Waals surface area contributed by atoms with E-state index in [0.717, 1.165) is 0 Å². The molecule has 56 heavy (non-hydrogen) atoms. The van der Waals surface area contributed by atoms with Crippen LogP contribution in [0.25, 0.3) is 0 Å². The molecule has 0 radical (unpaired) electrons. The third-order valence-corrected chi connectivity index (χ3v) is 11.5. The van der Waals surface area contributed by atoms with Crippen molar-refractivity contribution < 1.29 is 80.2 Å². The molecule has 8 rings (SSSR count). The Balaban J connectivity index is 1.27. The van der Waals surface area contributed by atoms with E-state index in [0.29, 0.717) is 33.4 Å². The molecule has 2 aliphatic heterocycles. The van der Waals surface area contributed by atoms with Crippen LogP contribution in [0.1, 0.15) is 57.1 Å². The number of rotatable bonds is 8. The van der Waals surface area contributed by atoms with Gasteiger partial charge in [0.2, 0.25) is 12.6 Å². The average molecular weight is 779 g/mol. The summed E-state index contributed by atoms with van der Waals surface area (Å²) in [5.41, 5.74) is 3.40. The molecule has 12 N–H and O–H groups in total. The van der Waals surface area contributed by atoms with E-state index >= 15 is 0 Å². The third kappa shape index (κ3) is 6.28. The van der Waals surface area contributed by atoms with Crippen LogP contribution >= 0.6 is 0 Å². The molecule has 0 aromatic heterocycles. The summed E-state index contributed by atoms with van der Waals surface area (Å²) in [7, 11) is 0. The summed E-state index contributed by atoms with van der Waals surface area (Å²) in [4.78, 5) is 0. The number of hydrogen-bond acceptors (Lipinski definition) is 16. The number of phenols is 4. The van der Waals surface area contributed by atoms with Crippen LogP contribution in [-0.2, 0) is 9.47 Å². The number of aliphatic hydroxyl groups excluding tert-OH is 8. The summed E-state index contributed by atoms with van der Waals surface area (Å²) in [6.07, 6.45) is -15.8. The fourth-order valence-corrected chi connectivity index (χ4v) is 8.86. The lowest BCUT2D eigenvalue weighted by molar-refractivity contribution is -0.277. The van der Waals surface area contributed by atoms with Gasteiger partial charge >= 0.3 is 0 Å². The first-order valence-corrected chi connectivity index (χ1v) is 18.1. The number of ether oxygens (including phenoxy) is 4. The average Bonchev–Trinajstić information content (AvgIpc) is 3.69. The molecule has 0 saturated carbocycles. The predicted octanol–water partition coefficient (Wildman–Crippen LogP) is 0.0248. The first-order valence-electron chi connectivity index (χ1n) is 18.1. The van der Waals surface area contributed by atoms with E-state index in [4.69, 9.17) is 18.9 Å². The van der Waals surface area contributed by atoms with Gasteiger partial charge in [-0.15, -0.1) is 0 Å². The van der Waals surface area contributed by atoms with Gasteiger partial charge in [-0.1, -0.05) is 24.3 Å². The van der Waals surface area contributed by atoms with Crippen molar-refractivity contribution in [3.05, 3.63) is 106 Å². The molecule has 16 nitrogen and oxygen atoms in total. The summed E-state index contributed by atoms with van der Waals surface area (Å²) in [6, 6.07) is 18.7. The summed E-state index contributed by atoms with van der Waals surface area (Å²) in [6.45, 7) is -1.37. The van der Waals surface area contributed by atoms with Crippen molar-refractivity contribution in [3.8, 4) is 34.5 Å². The maximum absolute atomic E-state index is 11.9. The van der Waals surface area contributed by atoms with Crippen LogP contribution in [0.5, 0.6) is 34.5 Å². The number of benzene rings is 4. The van der Waals surface area contributed by atoms with Crippen molar-refractivity contribution >= 4 is 0 Å². The Morgan fingerprint density at radius 2 is 0.821 bits per heavy atom. The topological polar surface area (TPSA) is 280 Å². The molecule has 0 amide bonds. The van der Waals surface area contributed by atoms with Gasteiger partial charge in [0.15, 0.2) is 0 Å². The molecule has 2 aliphatic carbocycles. The number of hydrogen-bond donors (Lipinski definition) is 12. The van der Waals surface area contributed by atoms with E-state index in [1.165, 1.54) is 36.4 Å². The monoisotopic (exact) mass is 778 g/mol. The SMILES string of the molecule is OC[C@H]1O[C@@H](Oc2cc(O)c3c(c2)[C@H]2[C@H](c4ccc(O)cc4)c4c(O)cc(O[C@@H]5O[C@H](CO)[C@@H](O)[C@H](O)[C@H]5O)cc4[C@H]2[C@@H]3c2ccc(O)cc2)[C@H](O)[C@@H](O)[C@@H]1O. The Morgan fingerprint density at radius 3 is 1.16 bits per heavy atom. The van der Waals surface area contributed by atoms with Crippen molar-refractivity contribution in [3.63, 3.8) is 0 Å². The maximum atomic E-state index is 11.9. The summed E-state index contributed by atoms with van der Waals surface area (Å²) in [5.74, 6) is -2.88. The number of aromatic hydroxyl groups is 4. The molecule has 0 spiro atoms. The Bertz CT molecular complexity index is 1910. The van der Waals surface area contributed by atoms with Crippen molar-refractivity contribution in [1.29, 1.82) is 0 Å². The predicted molar refractivity (Wildman–Crippen MR) is 190 cm³/mol. The quantitative estimate of drug-likeness (QED) is 0.112. The Labute approximate surface area is 318 Å². The highest BCUT2D eigenvalue weighted by Crippen LogP contribution is 2.69. The summed E-state index contributed by atoms with van der Waals surface area (Å²) >= 11 is 0. The Morgan fingerprint density at radius 1 is 0.464 bits per heavy atom. The fourth-order valence-electron chi connectivity index (χ4n) is 8.86. The van der Waals surface area contributed by atoms with Crippen LogP contribution in [0, 0.1) is 0 Å². The molecular formula is C40H42O16. The van der Waals surface area contributed by atoms with E-state index in [-0.39, 0.29) is 34.5 Å². The summed E-state index contributed by atoms with van der Waals surface area (Å²) < 4.78 is 23.1. The second kappa shape index (κ2) is 14.7. The van der Waals surface area contributed by atoms with Crippen LogP contribution in [0.2, 0.25) is 0 Å². The molecule has 4 aromatic carbocycles. The fraction of sp³-hybridized carbons (Fsp3) is 0.400. The van der Waals surface area contributed by atoms with Gasteiger partial charge in [-0.3, -0.25) is 0 Å². The second-order valence-electron chi connectivity index (χ2n) is 14.7.